The van der Waals surface area contributed by atoms with Crippen molar-refractivity contribution in [1.82, 2.24) is 19.9 Å². The zero-order valence-electron chi connectivity index (χ0n) is 18.2. The number of nitrogens with zero attached hydrogens (tertiary/aromatic N) is 5. The van der Waals surface area contributed by atoms with E-state index in [4.69, 9.17) is 9.72 Å². The normalized spacial score (nSPS) is 26.7. The number of nitrogens with one attached hydrogen (secondary N) is 2. The summed E-state index contributed by atoms with van der Waals surface area (Å²) in [5, 5.41) is 6.10. The van der Waals surface area contributed by atoms with E-state index in [0.717, 1.165) is 30.9 Å². The molecule has 1 atom stereocenters. The Balaban J connectivity index is 1.23. The van der Waals surface area contributed by atoms with Gasteiger partial charge in [-0.3, -0.25) is 4.79 Å². The van der Waals surface area contributed by atoms with E-state index in [0.29, 0.717) is 55.1 Å². The van der Waals surface area contributed by atoms with Gasteiger partial charge in [0.1, 0.15) is 22.9 Å². The maximum absolute atomic E-state index is 12.8. The van der Waals surface area contributed by atoms with Crippen LogP contribution in [0.15, 0.2) is 12.4 Å². The predicted octanol–water partition coefficient (Wildman–Crippen LogP) is 2.57. The van der Waals surface area contributed by atoms with Gasteiger partial charge in [-0.1, -0.05) is 0 Å². The molecule has 2 fully saturated rings. The number of halogens is 3. The Kier molecular flexibility index (Phi) is 5.15. The molecule has 2 aromatic heterocycles. The summed E-state index contributed by atoms with van der Waals surface area (Å²) < 4.78 is 43.4. The van der Waals surface area contributed by atoms with Crippen LogP contribution in [0.2, 0.25) is 0 Å². The van der Waals surface area contributed by atoms with Crippen molar-refractivity contribution in [2.45, 2.75) is 50.4 Å². The van der Waals surface area contributed by atoms with Crippen molar-refractivity contribution in [1.29, 1.82) is 0 Å². The highest BCUT2D eigenvalue weighted by Gasteiger charge is 2.50. The summed E-state index contributed by atoms with van der Waals surface area (Å²) in [7, 11) is 1.87. The zero-order valence-corrected chi connectivity index (χ0v) is 18.2. The van der Waals surface area contributed by atoms with Crippen LogP contribution in [0.1, 0.15) is 36.5 Å². The van der Waals surface area contributed by atoms with Crippen molar-refractivity contribution >= 4 is 23.2 Å². The highest BCUT2D eigenvalue weighted by atomic mass is 19.4. The average Bonchev–Trinajstić information content (AvgIpc) is 3.23. The largest absolute Gasteiger partial charge is 0.434 e. The number of aromatic nitrogens is 4. The smallest absolute Gasteiger partial charge is 0.378 e. The molecule has 4 heterocycles. The fourth-order valence-corrected chi connectivity index (χ4v) is 4.71. The van der Waals surface area contributed by atoms with Gasteiger partial charge in [0.25, 0.3) is 5.91 Å². The van der Waals surface area contributed by atoms with Crippen LogP contribution in [0.4, 0.5) is 30.5 Å². The van der Waals surface area contributed by atoms with Crippen molar-refractivity contribution in [3.05, 3.63) is 29.6 Å². The molecule has 3 aliphatic rings. The van der Waals surface area contributed by atoms with E-state index in [9.17, 15) is 18.0 Å². The average molecular weight is 463 g/mol. The lowest BCUT2D eigenvalue weighted by atomic mass is 9.78. The van der Waals surface area contributed by atoms with Gasteiger partial charge in [-0.15, -0.1) is 0 Å². The number of carbonyl (C=O) groups excluding carboxylic acids is 1. The number of amides is 1. The van der Waals surface area contributed by atoms with Gasteiger partial charge in [0, 0.05) is 32.5 Å². The third-order valence-corrected chi connectivity index (χ3v) is 6.74. The molecule has 2 N–H and O–H groups in total. The molecule has 5 rings (SSSR count). The number of likely N-dealkylation sites (N-methyl/N-ethyl adjacent to an activating group) is 1. The van der Waals surface area contributed by atoms with Crippen LogP contribution < -0.4 is 15.5 Å². The van der Waals surface area contributed by atoms with Gasteiger partial charge in [0.15, 0.2) is 11.5 Å². The van der Waals surface area contributed by atoms with E-state index >= 15 is 0 Å². The number of hydrogen-bond acceptors (Lipinski definition) is 8. The van der Waals surface area contributed by atoms with Gasteiger partial charge in [-0.2, -0.15) is 13.2 Å². The fraction of sp³-hybridized carbons (Fsp3) is 0.571. The monoisotopic (exact) mass is 463 g/mol. The maximum Gasteiger partial charge on any atom is 0.434 e. The van der Waals surface area contributed by atoms with Crippen molar-refractivity contribution in [2.75, 3.05) is 35.8 Å². The molecule has 0 radical (unpaired) electrons. The van der Waals surface area contributed by atoms with Crippen LogP contribution in [0.25, 0.3) is 0 Å². The van der Waals surface area contributed by atoms with Crippen LogP contribution in [0.3, 0.4) is 0 Å². The van der Waals surface area contributed by atoms with Crippen LogP contribution >= 0.6 is 0 Å². The minimum absolute atomic E-state index is 0.0891. The van der Waals surface area contributed by atoms with Gasteiger partial charge in [0.05, 0.1) is 24.7 Å². The first-order valence-electron chi connectivity index (χ1n) is 10.8. The van der Waals surface area contributed by atoms with E-state index in [1.165, 1.54) is 0 Å². The van der Waals surface area contributed by atoms with Crippen molar-refractivity contribution < 1.29 is 22.7 Å². The number of fused-ring (bicyclic) bond motifs is 1. The highest BCUT2D eigenvalue weighted by molar-refractivity contribution is 6.06. The molecule has 0 unspecified atom stereocenters. The number of carbonyl (C=O) groups is 1. The van der Waals surface area contributed by atoms with Crippen LogP contribution in [-0.2, 0) is 22.1 Å². The Labute approximate surface area is 188 Å². The Hall–Kier alpha value is -3.02. The summed E-state index contributed by atoms with van der Waals surface area (Å²) >= 11 is 0. The third-order valence-electron chi connectivity index (χ3n) is 6.74. The highest BCUT2D eigenvalue weighted by Crippen LogP contribution is 2.40. The second-order valence-electron chi connectivity index (χ2n) is 8.94. The van der Waals surface area contributed by atoms with Crippen LogP contribution in [-0.4, -0.2) is 57.7 Å². The second-order valence-corrected chi connectivity index (χ2v) is 8.94. The molecule has 2 aliphatic heterocycles. The molecular weight excluding hydrogens is 439 g/mol. The molecule has 12 heteroatoms. The SMILES string of the molecule is Cc1nc(CC2CC(Nc3cnc(C(F)(F)F)cn3)C2)nc2c1NC(=O)[C@@]1(CCOC1)N2C. The van der Waals surface area contributed by atoms with E-state index in [1.54, 1.807) is 0 Å². The topological polar surface area (TPSA) is 105 Å². The number of aryl methyl sites for hydroxylation is 1. The van der Waals surface area contributed by atoms with Crippen LogP contribution in [0.5, 0.6) is 0 Å². The summed E-state index contributed by atoms with van der Waals surface area (Å²) in [5.74, 6) is 2.00. The molecule has 1 amide bonds. The molecule has 1 spiro atoms. The first-order chi connectivity index (χ1) is 15.7. The Morgan fingerprint density at radius 3 is 2.70 bits per heavy atom. The molecular formula is C21H24F3N7O2. The predicted molar refractivity (Wildman–Crippen MR) is 113 cm³/mol. The summed E-state index contributed by atoms with van der Waals surface area (Å²) in [6.45, 7) is 2.72. The fourth-order valence-electron chi connectivity index (χ4n) is 4.71. The van der Waals surface area contributed by atoms with E-state index in [1.807, 2.05) is 18.9 Å². The number of hydrogen-bond donors (Lipinski definition) is 2. The summed E-state index contributed by atoms with van der Waals surface area (Å²) in [4.78, 5) is 31.3. The molecule has 1 saturated carbocycles. The quantitative estimate of drug-likeness (QED) is 0.713. The molecule has 1 aliphatic carbocycles. The molecule has 176 valence electrons. The van der Waals surface area contributed by atoms with E-state index in [2.05, 4.69) is 25.6 Å². The third kappa shape index (κ3) is 3.85. The first-order valence-corrected chi connectivity index (χ1v) is 10.8. The molecule has 9 nitrogen and oxygen atoms in total. The van der Waals surface area contributed by atoms with Crippen molar-refractivity contribution in [3.63, 3.8) is 0 Å². The lowest BCUT2D eigenvalue weighted by Crippen LogP contribution is -2.59. The molecule has 0 aromatic carbocycles. The minimum atomic E-state index is -4.50. The first kappa shape index (κ1) is 21.8. The van der Waals surface area contributed by atoms with Gasteiger partial charge < -0.3 is 20.3 Å². The molecule has 33 heavy (non-hydrogen) atoms. The molecule has 1 saturated heterocycles. The second kappa shape index (κ2) is 7.79. The van der Waals surface area contributed by atoms with Gasteiger partial charge >= 0.3 is 6.18 Å². The summed E-state index contributed by atoms with van der Waals surface area (Å²) in [5.41, 5.74) is -0.387. The van der Waals surface area contributed by atoms with E-state index < -0.39 is 17.4 Å². The maximum atomic E-state index is 12.8. The number of anilines is 3. The Bertz CT molecular complexity index is 1060. The van der Waals surface area contributed by atoms with Gasteiger partial charge in [-0.05, 0) is 25.7 Å². The van der Waals surface area contributed by atoms with Crippen LogP contribution in [0, 0.1) is 12.8 Å². The van der Waals surface area contributed by atoms with Gasteiger partial charge in [-0.25, -0.2) is 19.9 Å². The van der Waals surface area contributed by atoms with Gasteiger partial charge in [0.2, 0.25) is 0 Å². The van der Waals surface area contributed by atoms with Crippen molar-refractivity contribution in [2.24, 2.45) is 5.92 Å². The minimum Gasteiger partial charge on any atom is -0.378 e. The zero-order chi connectivity index (χ0) is 23.4. The lowest BCUT2D eigenvalue weighted by Gasteiger charge is -2.42. The Morgan fingerprint density at radius 1 is 1.27 bits per heavy atom. The number of ether oxygens (including phenoxy) is 1. The molecule has 2 aromatic rings. The van der Waals surface area contributed by atoms with E-state index in [-0.39, 0.29) is 11.9 Å². The number of alkyl halides is 3. The Morgan fingerprint density at radius 2 is 2.06 bits per heavy atom. The lowest BCUT2D eigenvalue weighted by molar-refractivity contribution is -0.141. The summed E-state index contributed by atoms with van der Waals surface area (Å²) in [6.07, 6.45) is 0.283. The number of rotatable bonds is 4. The summed E-state index contributed by atoms with van der Waals surface area (Å²) in [6, 6.07) is 0.112. The van der Waals surface area contributed by atoms with Crippen molar-refractivity contribution in [3.8, 4) is 0 Å². The standard InChI is InChI=1S/C21H24F3N7O2/c1-11-17-18(31(2)20(19(32)30-17)3-4-33-10-20)29-15(27-11)7-12-5-13(6-12)28-16-9-25-14(8-26-16)21(22,23)24/h8-9,12-13H,3-7,10H2,1-2H3,(H,26,28)(H,30,32)/t12?,13?,20-/m0/s1. The molecule has 0 bridgehead atoms.